The second kappa shape index (κ2) is 4.57. The van der Waals surface area contributed by atoms with E-state index in [0.717, 1.165) is 22.5 Å². The van der Waals surface area contributed by atoms with Crippen molar-refractivity contribution in [2.75, 3.05) is 5.73 Å². The summed E-state index contributed by atoms with van der Waals surface area (Å²) < 4.78 is 1.74. The number of nitrogens with zero attached hydrogens (tertiary/aromatic N) is 3. The number of aryl methyl sites for hydroxylation is 1. The van der Waals surface area contributed by atoms with Crippen molar-refractivity contribution in [3.63, 3.8) is 0 Å². The molecule has 1 heterocycles. The maximum atomic E-state index is 5.94. The van der Waals surface area contributed by atoms with Crippen LogP contribution in [0.5, 0.6) is 0 Å². The molecule has 0 fully saturated rings. The molecule has 1 aromatic heterocycles. The Hall–Kier alpha value is -2.62. The van der Waals surface area contributed by atoms with E-state index < -0.39 is 0 Å². The van der Waals surface area contributed by atoms with Gasteiger partial charge in [-0.05, 0) is 36.8 Å². The lowest BCUT2D eigenvalue weighted by Gasteiger charge is -2.01. The molecule has 93 valence electrons. The fourth-order valence-electron chi connectivity index (χ4n) is 1.96. The van der Waals surface area contributed by atoms with Crippen molar-refractivity contribution in [2.45, 2.75) is 6.92 Å². The summed E-state index contributed by atoms with van der Waals surface area (Å²) in [6.45, 7) is 2.00. The highest BCUT2D eigenvalue weighted by atomic mass is 15.4. The molecule has 0 amide bonds. The van der Waals surface area contributed by atoms with E-state index in [0.29, 0.717) is 5.69 Å². The third-order valence-electron chi connectivity index (χ3n) is 2.92. The Morgan fingerprint density at radius 2 is 2.05 bits per heavy atom. The summed E-state index contributed by atoms with van der Waals surface area (Å²) in [6, 6.07) is 16.6. The molecule has 0 aliphatic rings. The van der Waals surface area contributed by atoms with Gasteiger partial charge in [-0.1, -0.05) is 29.5 Å². The van der Waals surface area contributed by atoms with Crippen molar-refractivity contribution in [3.8, 4) is 16.9 Å². The topological polar surface area (TPSA) is 56.7 Å². The van der Waals surface area contributed by atoms with Crippen LogP contribution in [-0.4, -0.2) is 15.0 Å². The smallest absolute Gasteiger partial charge is 0.115 e. The molecule has 3 aromatic rings. The van der Waals surface area contributed by atoms with Gasteiger partial charge in [0, 0.05) is 11.3 Å². The van der Waals surface area contributed by atoms with Crippen LogP contribution in [-0.2, 0) is 0 Å². The SMILES string of the molecule is Cc1[c]ccc(-n2cc(-c3ccccc3N)nn2)c1. The third kappa shape index (κ3) is 2.20. The van der Waals surface area contributed by atoms with Gasteiger partial charge in [0.15, 0.2) is 0 Å². The molecule has 0 unspecified atom stereocenters. The molecule has 0 aliphatic carbocycles. The molecule has 3 rings (SSSR count). The average molecular weight is 249 g/mol. The minimum Gasteiger partial charge on any atom is -0.398 e. The zero-order chi connectivity index (χ0) is 13.2. The Morgan fingerprint density at radius 1 is 1.21 bits per heavy atom. The molecule has 0 spiro atoms. The monoisotopic (exact) mass is 249 g/mol. The van der Waals surface area contributed by atoms with E-state index in [9.17, 15) is 0 Å². The first-order chi connectivity index (χ1) is 9.24. The Balaban J connectivity index is 2.03. The lowest BCUT2D eigenvalue weighted by molar-refractivity contribution is 0.803. The number of nitrogen functional groups attached to an aromatic ring is 1. The first-order valence-electron chi connectivity index (χ1n) is 6.00. The number of aromatic nitrogens is 3. The van der Waals surface area contributed by atoms with Crippen molar-refractivity contribution in [1.29, 1.82) is 0 Å². The van der Waals surface area contributed by atoms with Gasteiger partial charge in [0.25, 0.3) is 0 Å². The van der Waals surface area contributed by atoms with Crippen LogP contribution in [0.25, 0.3) is 16.9 Å². The van der Waals surface area contributed by atoms with Gasteiger partial charge in [-0.25, -0.2) is 4.68 Å². The maximum Gasteiger partial charge on any atom is 0.115 e. The number of hydrogen-bond donors (Lipinski definition) is 1. The van der Waals surface area contributed by atoms with E-state index in [-0.39, 0.29) is 0 Å². The van der Waals surface area contributed by atoms with Crippen molar-refractivity contribution >= 4 is 5.69 Å². The minimum absolute atomic E-state index is 0.701. The van der Waals surface area contributed by atoms with Crippen LogP contribution in [0.3, 0.4) is 0 Å². The van der Waals surface area contributed by atoms with Crippen LogP contribution in [0.2, 0.25) is 0 Å². The lowest BCUT2D eigenvalue weighted by Crippen LogP contribution is -1.94. The van der Waals surface area contributed by atoms with Gasteiger partial charge in [-0.15, -0.1) is 5.10 Å². The van der Waals surface area contributed by atoms with Gasteiger partial charge < -0.3 is 5.73 Å². The Bertz CT molecular complexity index is 715. The van der Waals surface area contributed by atoms with E-state index in [4.69, 9.17) is 5.73 Å². The van der Waals surface area contributed by atoms with Gasteiger partial charge in [0.2, 0.25) is 0 Å². The zero-order valence-corrected chi connectivity index (χ0v) is 10.5. The summed E-state index contributed by atoms with van der Waals surface area (Å²) in [5.74, 6) is 0. The summed E-state index contributed by atoms with van der Waals surface area (Å²) in [5.41, 5.74) is 10.3. The Kier molecular flexibility index (Phi) is 2.76. The van der Waals surface area contributed by atoms with Crippen LogP contribution < -0.4 is 5.73 Å². The number of para-hydroxylation sites is 1. The molecule has 4 nitrogen and oxygen atoms in total. The molecule has 0 saturated heterocycles. The highest BCUT2D eigenvalue weighted by Gasteiger charge is 2.07. The second-order valence-corrected chi connectivity index (χ2v) is 4.37. The first kappa shape index (κ1) is 11.5. The Morgan fingerprint density at radius 3 is 2.84 bits per heavy atom. The van der Waals surface area contributed by atoms with Crippen LogP contribution in [0.15, 0.2) is 48.7 Å². The quantitative estimate of drug-likeness (QED) is 0.710. The standard InChI is InChI=1S/C15H13N4/c1-11-5-4-6-12(9-11)19-10-15(17-18-19)13-7-2-3-8-14(13)16/h2-4,6-10H,16H2,1H3. The van der Waals surface area contributed by atoms with E-state index >= 15 is 0 Å². The summed E-state index contributed by atoms with van der Waals surface area (Å²) in [7, 11) is 0. The fourth-order valence-corrected chi connectivity index (χ4v) is 1.96. The lowest BCUT2D eigenvalue weighted by atomic mass is 10.1. The summed E-state index contributed by atoms with van der Waals surface area (Å²) in [6.07, 6.45) is 1.88. The predicted octanol–water partition coefficient (Wildman–Crippen LogP) is 2.63. The summed E-state index contributed by atoms with van der Waals surface area (Å²) >= 11 is 0. The van der Waals surface area contributed by atoms with Gasteiger partial charge in [-0.2, -0.15) is 0 Å². The molecular weight excluding hydrogens is 236 g/mol. The second-order valence-electron chi connectivity index (χ2n) is 4.37. The van der Waals surface area contributed by atoms with Gasteiger partial charge in [-0.3, -0.25) is 0 Å². The van der Waals surface area contributed by atoms with Crippen LogP contribution >= 0.6 is 0 Å². The third-order valence-corrected chi connectivity index (χ3v) is 2.92. The number of benzene rings is 2. The molecule has 19 heavy (non-hydrogen) atoms. The first-order valence-corrected chi connectivity index (χ1v) is 6.00. The van der Waals surface area contributed by atoms with Crippen molar-refractivity contribution < 1.29 is 0 Å². The largest absolute Gasteiger partial charge is 0.398 e. The molecule has 4 heteroatoms. The van der Waals surface area contributed by atoms with Crippen molar-refractivity contribution in [3.05, 3.63) is 60.3 Å². The predicted molar refractivity (Wildman–Crippen MR) is 74.8 cm³/mol. The van der Waals surface area contributed by atoms with Gasteiger partial charge in [0.05, 0.1) is 11.9 Å². The molecule has 0 saturated carbocycles. The summed E-state index contributed by atoms with van der Waals surface area (Å²) in [5, 5.41) is 8.32. The zero-order valence-electron chi connectivity index (χ0n) is 10.5. The number of nitrogens with two attached hydrogens (primary N) is 1. The van der Waals surface area contributed by atoms with E-state index in [1.807, 2.05) is 55.6 Å². The molecule has 0 bridgehead atoms. The molecule has 0 aliphatic heterocycles. The average Bonchev–Trinajstić information content (AvgIpc) is 2.89. The normalized spacial score (nSPS) is 10.6. The highest BCUT2D eigenvalue weighted by molar-refractivity contribution is 5.72. The molecular formula is C15H13N4. The molecule has 0 atom stereocenters. The fraction of sp³-hybridized carbons (Fsp3) is 0.0667. The number of hydrogen-bond acceptors (Lipinski definition) is 3. The molecule has 2 N–H and O–H groups in total. The van der Waals surface area contributed by atoms with Gasteiger partial charge >= 0.3 is 0 Å². The molecule has 1 radical (unpaired) electrons. The van der Waals surface area contributed by atoms with Crippen LogP contribution in [0.1, 0.15) is 5.56 Å². The Labute approximate surface area is 111 Å². The number of rotatable bonds is 2. The minimum atomic E-state index is 0.701. The van der Waals surface area contributed by atoms with Crippen molar-refractivity contribution in [2.24, 2.45) is 0 Å². The van der Waals surface area contributed by atoms with Crippen molar-refractivity contribution in [1.82, 2.24) is 15.0 Å². The highest BCUT2D eigenvalue weighted by Crippen LogP contribution is 2.23. The summed E-state index contributed by atoms with van der Waals surface area (Å²) in [4.78, 5) is 0. The van der Waals surface area contributed by atoms with Crippen LogP contribution in [0, 0.1) is 13.0 Å². The van der Waals surface area contributed by atoms with E-state index in [1.54, 1.807) is 4.68 Å². The van der Waals surface area contributed by atoms with Crippen LogP contribution in [0.4, 0.5) is 5.69 Å². The van der Waals surface area contributed by atoms with E-state index in [1.165, 1.54) is 0 Å². The molecule has 2 aromatic carbocycles. The van der Waals surface area contributed by atoms with Gasteiger partial charge in [0.1, 0.15) is 5.69 Å². The number of anilines is 1. The maximum absolute atomic E-state index is 5.94. The van der Waals surface area contributed by atoms with E-state index in [2.05, 4.69) is 16.4 Å².